The van der Waals surface area contributed by atoms with E-state index < -0.39 is 0 Å². The molecular weight excluding hydrogens is 234 g/mol. The van der Waals surface area contributed by atoms with E-state index in [1.807, 2.05) is 0 Å². The topological polar surface area (TPSA) is 18.5 Å². The maximum atomic E-state index is 4.24. The van der Waals surface area contributed by atoms with Crippen LogP contribution in [0.4, 0.5) is 0 Å². The normalized spacial score (nSPS) is 29.8. The average molecular weight is 263 g/mol. The second-order valence-electron chi connectivity index (χ2n) is 6.68. The molecule has 0 spiro atoms. The molecule has 0 amide bonds. The van der Waals surface area contributed by atoms with Crippen molar-refractivity contribution in [1.29, 1.82) is 0 Å². The molecule has 0 aromatic carbocycles. The van der Waals surface area contributed by atoms with Gasteiger partial charge in [0.2, 0.25) is 0 Å². The summed E-state index contributed by atoms with van der Waals surface area (Å²) >= 11 is 0. The Bertz CT molecular complexity index is 305. The lowest BCUT2D eigenvalue weighted by Crippen LogP contribution is -2.41. The standard InChI is InChI=1S/C16H29N3/c1-14(11-17-15-5-6-15)12-18-10-7-16(13-18)19-8-3-2-4-9-19/h15-17H,1-13H2. The third-order valence-corrected chi connectivity index (χ3v) is 4.82. The summed E-state index contributed by atoms with van der Waals surface area (Å²) in [6, 6.07) is 1.63. The highest BCUT2D eigenvalue weighted by molar-refractivity contribution is 5.03. The first-order valence-corrected chi connectivity index (χ1v) is 8.18. The van der Waals surface area contributed by atoms with E-state index in [4.69, 9.17) is 0 Å². The first-order chi connectivity index (χ1) is 9.31. The molecule has 2 heterocycles. The van der Waals surface area contributed by atoms with Gasteiger partial charge < -0.3 is 5.32 Å². The fraction of sp³-hybridized carbons (Fsp3) is 0.875. The summed E-state index contributed by atoms with van der Waals surface area (Å²) in [6.45, 7) is 11.6. The highest BCUT2D eigenvalue weighted by Crippen LogP contribution is 2.21. The van der Waals surface area contributed by atoms with E-state index in [1.54, 1.807) is 0 Å². The second kappa shape index (κ2) is 6.38. The van der Waals surface area contributed by atoms with E-state index >= 15 is 0 Å². The molecule has 2 aliphatic heterocycles. The smallest absolute Gasteiger partial charge is 0.0235 e. The molecule has 1 saturated carbocycles. The monoisotopic (exact) mass is 263 g/mol. The Kier molecular flexibility index (Phi) is 4.57. The van der Waals surface area contributed by atoms with E-state index in [9.17, 15) is 0 Å². The third-order valence-electron chi connectivity index (χ3n) is 4.82. The van der Waals surface area contributed by atoms with Crippen molar-refractivity contribution < 1.29 is 0 Å². The zero-order chi connectivity index (χ0) is 13.1. The maximum absolute atomic E-state index is 4.24. The molecule has 0 bridgehead atoms. The number of rotatable bonds is 6. The predicted molar refractivity (Wildman–Crippen MR) is 80.4 cm³/mol. The van der Waals surface area contributed by atoms with Crippen molar-refractivity contribution in [3.63, 3.8) is 0 Å². The number of hydrogen-bond acceptors (Lipinski definition) is 3. The van der Waals surface area contributed by atoms with E-state index in [2.05, 4.69) is 21.7 Å². The zero-order valence-corrected chi connectivity index (χ0v) is 12.2. The molecule has 2 saturated heterocycles. The Morgan fingerprint density at radius 2 is 1.84 bits per heavy atom. The average Bonchev–Trinajstić information content (AvgIpc) is 3.16. The van der Waals surface area contributed by atoms with Gasteiger partial charge in [0.25, 0.3) is 0 Å². The lowest BCUT2D eigenvalue weighted by molar-refractivity contribution is 0.163. The molecule has 0 aromatic rings. The molecular formula is C16H29N3. The molecule has 1 atom stereocenters. The third kappa shape index (κ3) is 4.04. The highest BCUT2D eigenvalue weighted by Gasteiger charge is 2.28. The van der Waals surface area contributed by atoms with Crippen LogP contribution in [0.3, 0.4) is 0 Å². The van der Waals surface area contributed by atoms with Gasteiger partial charge >= 0.3 is 0 Å². The van der Waals surface area contributed by atoms with Gasteiger partial charge in [-0.3, -0.25) is 9.80 Å². The second-order valence-corrected chi connectivity index (χ2v) is 6.68. The molecule has 3 fully saturated rings. The summed E-state index contributed by atoms with van der Waals surface area (Å²) in [7, 11) is 0. The van der Waals surface area contributed by atoms with Crippen molar-refractivity contribution in [1.82, 2.24) is 15.1 Å². The maximum Gasteiger partial charge on any atom is 0.0235 e. The number of nitrogens with one attached hydrogen (secondary N) is 1. The van der Waals surface area contributed by atoms with Gasteiger partial charge in [0.05, 0.1) is 0 Å². The SMILES string of the molecule is C=C(CNC1CC1)CN1CCC(N2CCCCC2)C1. The zero-order valence-electron chi connectivity index (χ0n) is 12.2. The van der Waals surface area contributed by atoms with Gasteiger partial charge in [0.15, 0.2) is 0 Å². The van der Waals surface area contributed by atoms with Crippen LogP contribution < -0.4 is 5.32 Å². The summed E-state index contributed by atoms with van der Waals surface area (Å²) in [5.41, 5.74) is 1.37. The van der Waals surface area contributed by atoms with Crippen LogP contribution in [0.25, 0.3) is 0 Å². The molecule has 108 valence electrons. The molecule has 0 aromatic heterocycles. The summed E-state index contributed by atoms with van der Waals surface area (Å²) < 4.78 is 0. The van der Waals surface area contributed by atoms with Gasteiger partial charge in [-0.1, -0.05) is 13.0 Å². The van der Waals surface area contributed by atoms with Crippen LogP contribution >= 0.6 is 0 Å². The highest BCUT2D eigenvalue weighted by atomic mass is 15.3. The van der Waals surface area contributed by atoms with Gasteiger partial charge in [-0.15, -0.1) is 0 Å². The van der Waals surface area contributed by atoms with Crippen molar-refractivity contribution in [2.75, 3.05) is 39.3 Å². The van der Waals surface area contributed by atoms with E-state index in [0.29, 0.717) is 0 Å². The summed E-state index contributed by atoms with van der Waals surface area (Å²) in [4.78, 5) is 5.34. The first kappa shape index (κ1) is 13.6. The van der Waals surface area contributed by atoms with Crippen LogP contribution in [-0.2, 0) is 0 Å². The lowest BCUT2D eigenvalue weighted by Gasteiger charge is -2.32. The van der Waals surface area contributed by atoms with Gasteiger partial charge in [-0.05, 0) is 50.8 Å². The number of hydrogen-bond donors (Lipinski definition) is 1. The number of piperidine rings is 1. The number of likely N-dealkylation sites (tertiary alicyclic amines) is 2. The van der Waals surface area contributed by atoms with Crippen LogP contribution in [0.2, 0.25) is 0 Å². The lowest BCUT2D eigenvalue weighted by atomic mass is 10.1. The van der Waals surface area contributed by atoms with Gasteiger partial charge in [-0.2, -0.15) is 0 Å². The van der Waals surface area contributed by atoms with Crippen LogP contribution in [0.1, 0.15) is 38.5 Å². The summed E-state index contributed by atoms with van der Waals surface area (Å²) in [5, 5.41) is 3.57. The predicted octanol–water partition coefficient (Wildman–Crippen LogP) is 1.85. The van der Waals surface area contributed by atoms with E-state index in [1.165, 1.54) is 70.3 Å². The summed E-state index contributed by atoms with van der Waals surface area (Å²) in [5.74, 6) is 0. The van der Waals surface area contributed by atoms with Crippen LogP contribution in [-0.4, -0.2) is 61.2 Å². The Morgan fingerprint density at radius 1 is 1.05 bits per heavy atom. The fourth-order valence-electron chi connectivity index (χ4n) is 3.49. The Morgan fingerprint density at radius 3 is 2.58 bits per heavy atom. The molecule has 1 unspecified atom stereocenters. The molecule has 3 heteroatoms. The van der Waals surface area contributed by atoms with Gasteiger partial charge in [0, 0.05) is 38.3 Å². The van der Waals surface area contributed by atoms with Crippen molar-refractivity contribution in [2.24, 2.45) is 0 Å². The minimum atomic E-state index is 0.802. The fourth-order valence-corrected chi connectivity index (χ4v) is 3.49. The van der Waals surface area contributed by atoms with Gasteiger partial charge in [-0.25, -0.2) is 0 Å². The number of nitrogens with zero attached hydrogens (tertiary/aromatic N) is 2. The van der Waals surface area contributed by atoms with Crippen molar-refractivity contribution in [2.45, 2.75) is 50.6 Å². The molecule has 3 rings (SSSR count). The molecule has 1 N–H and O–H groups in total. The molecule has 1 aliphatic carbocycles. The van der Waals surface area contributed by atoms with Crippen molar-refractivity contribution in [3.8, 4) is 0 Å². The largest absolute Gasteiger partial charge is 0.310 e. The Labute approximate surface area is 118 Å². The van der Waals surface area contributed by atoms with Gasteiger partial charge in [0.1, 0.15) is 0 Å². The van der Waals surface area contributed by atoms with Crippen LogP contribution in [0.5, 0.6) is 0 Å². The van der Waals surface area contributed by atoms with E-state index in [-0.39, 0.29) is 0 Å². The van der Waals surface area contributed by atoms with Crippen LogP contribution in [0, 0.1) is 0 Å². The van der Waals surface area contributed by atoms with Crippen LogP contribution in [0.15, 0.2) is 12.2 Å². The van der Waals surface area contributed by atoms with Crippen molar-refractivity contribution >= 4 is 0 Å². The van der Waals surface area contributed by atoms with Crippen molar-refractivity contribution in [3.05, 3.63) is 12.2 Å². The first-order valence-electron chi connectivity index (χ1n) is 8.18. The molecule has 3 nitrogen and oxygen atoms in total. The Balaban J connectivity index is 1.36. The molecule has 3 aliphatic rings. The minimum Gasteiger partial charge on any atom is -0.310 e. The molecule has 0 radical (unpaired) electrons. The summed E-state index contributed by atoms with van der Waals surface area (Å²) in [6.07, 6.45) is 8.37. The molecule has 19 heavy (non-hydrogen) atoms. The minimum absolute atomic E-state index is 0.802. The quantitative estimate of drug-likeness (QED) is 0.738. The van der Waals surface area contributed by atoms with E-state index in [0.717, 1.165) is 25.2 Å². The Hall–Kier alpha value is -0.380.